The van der Waals surface area contributed by atoms with E-state index in [1.807, 2.05) is 25.1 Å². The molecular formula is C22H26BrN3O4S. The average Bonchev–Trinajstić information content (AvgIpc) is 2.71. The van der Waals surface area contributed by atoms with Crippen LogP contribution in [0.2, 0.25) is 0 Å². The maximum atomic E-state index is 12.4. The van der Waals surface area contributed by atoms with E-state index >= 15 is 0 Å². The van der Waals surface area contributed by atoms with E-state index in [0.717, 1.165) is 12.0 Å². The van der Waals surface area contributed by atoms with Crippen molar-refractivity contribution in [3.05, 3.63) is 58.1 Å². The minimum atomic E-state index is -0.441. The molecule has 0 heterocycles. The molecule has 2 rings (SSSR count). The number of benzene rings is 2. The number of hydrogen-bond acceptors (Lipinski definition) is 5. The molecule has 0 bridgehead atoms. The fourth-order valence-corrected chi connectivity index (χ4v) is 3.02. The van der Waals surface area contributed by atoms with E-state index < -0.39 is 11.8 Å². The van der Waals surface area contributed by atoms with Gasteiger partial charge in [0.1, 0.15) is 11.5 Å². The van der Waals surface area contributed by atoms with Crippen LogP contribution in [0.15, 0.2) is 46.9 Å². The van der Waals surface area contributed by atoms with Gasteiger partial charge in [-0.1, -0.05) is 26.0 Å². The van der Waals surface area contributed by atoms with E-state index in [9.17, 15) is 9.59 Å². The number of halogens is 1. The number of hydrogen-bond donors (Lipinski definition) is 3. The van der Waals surface area contributed by atoms with Crippen LogP contribution in [0.3, 0.4) is 0 Å². The lowest BCUT2D eigenvalue weighted by atomic mass is 10.1. The van der Waals surface area contributed by atoms with E-state index in [1.54, 1.807) is 24.3 Å². The Bertz CT molecular complexity index is 937. The van der Waals surface area contributed by atoms with E-state index in [-0.39, 0.29) is 11.7 Å². The average molecular weight is 508 g/mol. The number of amides is 2. The standard InChI is InChI=1S/C22H26BrN3O4S/c1-14(2)9-10-29-19-8-7-16(12-18(19)23)21(28)24-22(31)26-25-20(27)13-30-17-6-4-5-15(3)11-17/h4-8,11-12,14H,9-10,13H2,1-3H3,(H,25,27)(H2,24,26,28,31). The number of carbonyl (C=O) groups is 2. The molecule has 166 valence electrons. The summed E-state index contributed by atoms with van der Waals surface area (Å²) in [6.07, 6.45) is 0.941. The molecule has 0 spiro atoms. The molecule has 0 aliphatic rings. The van der Waals surface area contributed by atoms with Gasteiger partial charge in [0.25, 0.3) is 11.8 Å². The first-order valence-corrected chi connectivity index (χ1v) is 11.0. The van der Waals surface area contributed by atoms with Gasteiger partial charge in [0.2, 0.25) is 0 Å². The van der Waals surface area contributed by atoms with Crippen molar-refractivity contribution in [2.24, 2.45) is 5.92 Å². The summed E-state index contributed by atoms with van der Waals surface area (Å²) >= 11 is 8.46. The number of thiocarbonyl (C=S) groups is 1. The van der Waals surface area contributed by atoms with Crippen molar-refractivity contribution in [2.45, 2.75) is 27.2 Å². The lowest BCUT2D eigenvalue weighted by Crippen LogP contribution is -2.49. The van der Waals surface area contributed by atoms with Crippen molar-refractivity contribution in [3.8, 4) is 11.5 Å². The Hall–Kier alpha value is -2.65. The molecule has 0 aliphatic heterocycles. The molecule has 2 amide bonds. The number of ether oxygens (including phenoxy) is 2. The van der Waals surface area contributed by atoms with Crippen molar-refractivity contribution >= 4 is 45.1 Å². The van der Waals surface area contributed by atoms with Gasteiger partial charge >= 0.3 is 0 Å². The summed E-state index contributed by atoms with van der Waals surface area (Å²) in [5, 5.41) is 2.46. The summed E-state index contributed by atoms with van der Waals surface area (Å²) in [7, 11) is 0. The monoisotopic (exact) mass is 507 g/mol. The molecular weight excluding hydrogens is 482 g/mol. The Morgan fingerprint density at radius 1 is 1.10 bits per heavy atom. The first-order valence-electron chi connectivity index (χ1n) is 9.76. The molecule has 0 saturated carbocycles. The van der Waals surface area contributed by atoms with Crippen LogP contribution in [0.25, 0.3) is 0 Å². The van der Waals surface area contributed by atoms with E-state index in [0.29, 0.717) is 34.1 Å². The molecule has 0 radical (unpaired) electrons. The van der Waals surface area contributed by atoms with Crippen molar-refractivity contribution in [2.75, 3.05) is 13.2 Å². The van der Waals surface area contributed by atoms with Crippen LogP contribution < -0.4 is 25.6 Å². The van der Waals surface area contributed by atoms with Gasteiger partial charge in [-0.25, -0.2) is 0 Å². The third-order valence-electron chi connectivity index (χ3n) is 4.05. The lowest BCUT2D eigenvalue weighted by Gasteiger charge is -2.13. The predicted molar refractivity (Wildman–Crippen MR) is 127 cm³/mol. The highest BCUT2D eigenvalue weighted by molar-refractivity contribution is 9.10. The van der Waals surface area contributed by atoms with Gasteiger partial charge < -0.3 is 9.47 Å². The largest absolute Gasteiger partial charge is 0.492 e. The van der Waals surface area contributed by atoms with Gasteiger partial charge in [-0.05, 0) is 83.3 Å². The molecule has 0 unspecified atom stereocenters. The van der Waals surface area contributed by atoms with Gasteiger partial charge in [-0.15, -0.1) is 0 Å². The minimum Gasteiger partial charge on any atom is -0.492 e. The topological polar surface area (TPSA) is 88.7 Å². The zero-order chi connectivity index (χ0) is 22.8. The van der Waals surface area contributed by atoms with E-state index in [4.69, 9.17) is 21.7 Å². The molecule has 2 aromatic rings. The smallest absolute Gasteiger partial charge is 0.276 e. The van der Waals surface area contributed by atoms with Gasteiger partial charge in [0.05, 0.1) is 11.1 Å². The molecule has 2 aromatic carbocycles. The number of carbonyl (C=O) groups excluding carboxylic acids is 2. The molecule has 31 heavy (non-hydrogen) atoms. The maximum Gasteiger partial charge on any atom is 0.276 e. The van der Waals surface area contributed by atoms with Crippen molar-refractivity contribution in [1.29, 1.82) is 0 Å². The van der Waals surface area contributed by atoms with Crippen LogP contribution in [-0.2, 0) is 4.79 Å². The Morgan fingerprint density at radius 2 is 1.87 bits per heavy atom. The molecule has 3 N–H and O–H groups in total. The summed E-state index contributed by atoms with van der Waals surface area (Å²) in [5.74, 6) is 0.944. The second-order valence-corrected chi connectivity index (χ2v) is 8.50. The Balaban J connectivity index is 1.76. The highest BCUT2D eigenvalue weighted by Gasteiger charge is 2.12. The van der Waals surface area contributed by atoms with Crippen LogP contribution in [0, 0.1) is 12.8 Å². The highest BCUT2D eigenvalue weighted by atomic mass is 79.9. The Kier molecular flexibility index (Phi) is 9.74. The zero-order valence-corrected chi connectivity index (χ0v) is 20.1. The van der Waals surface area contributed by atoms with Crippen molar-refractivity contribution in [1.82, 2.24) is 16.2 Å². The maximum absolute atomic E-state index is 12.4. The normalized spacial score (nSPS) is 10.4. The van der Waals surface area contributed by atoms with Crippen LogP contribution in [0.4, 0.5) is 0 Å². The molecule has 7 nitrogen and oxygen atoms in total. The second-order valence-electron chi connectivity index (χ2n) is 7.24. The number of rotatable bonds is 8. The number of nitrogens with one attached hydrogen (secondary N) is 3. The highest BCUT2D eigenvalue weighted by Crippen LogP contribution is 2.26. The first kappa shape index (κ1) is 24.6. The van der Waals surface area contributed by atoms with Crippen LogP contribution >= 0.6 is 28.1 Å². The molecule has 0 aromatic heterocycles. The van der Waals surface area contributed by atoms with Gasteiger partial charge in [0, 0.05) is 5.56 Å². The fraction of sp³-hybridized carbons (Fsp3) is 0.318. The minimum absolute atomic E-state index is 0.0395. The summed E-state index contributed by atoms with van der Waals surface area (Å²) in [5.41, 5.74) is 6.28. The third kappa shape index (κ3) is 8.94. The quantitative estimate of drug-likeness (QED) is 0.371. The molecule has 0 fully saturated rings. The lowest BCUT2D eigenvalue weighted by molar-refractivity contribution is -0.123. The van der Waals surface area contributed by atoms with Crippen molar-refractivity contribution < 1.29 is 19.1 Å². The molecule has 0 aliphatic carbocycles. The third-order valence-corrected chi connectivity index (χ3v) is 4.87. The summed E-state index contributed by atoms with van der Waals surface area (Å²) in [4.78, 5) is 24.3. The van der Waals surface area contributed by atoms with Gasteiger partial charge in [-0.2, -0.15) is 0 Å². The van der Waals surface area contributed by atoms with Gasteiger partial charge in [-0.3, -0.25) is 25.8 Å². The number of hydrazine groups is 1. The second kappa shape index (κ2) is 12.3. The summed E-state index contributed by atoms with van der Waals surface area (Å²) in [6, 6.07) is 12.4. The predicted octanol–water partition coefficient (Wildman–Crippen LogP) is 3.90. The first-order chi connectivity index (χ1) is 14.7. The van der Waals surface area contributed by atoms with E-state index in [2.05, 4.69) is 45.9 Å². The van der Waals surface area contributed by atoms with Crippen LogP contribution in [-0.4, -0.2) is 30.1 Å². The van der Waals surface area contributed by atoms with Crippen molar-refractivity contribution in [3.63, 3.8) is 0 Å². The molecule has 0 atom stereocenters. The SMILES string of the molecule is Cc1cccc(OCC(=O)NNC(=S)NC(=O)c2ccc(OCCC(C)C)c(Br)c2)c1. The summed E-state index contributed by atoms with van der Waals surface area (Å²) < 4.78 is 11.8. The zero-order valence-electron chi connectivity index (χ0n) is 17.7. The Morgan fingerprint density at radius 3 is 2.55 bits per heavy atom. The Labute approximate surface area is 196 Å². The van der Waals surface area contributed by atoms with Crippen LogP contribution in [0.5, 0.6) is 11.5 Å². The number of aryl methyl sites for hydroxylation is 1. The molecule has 0 saturated heterocycles. The summed E-state index contributed by atoms with van der Waals surface area (Å²) in [6.45, 7) is 6.59. The fourth-order valence-electron chi connectivity index (χ4n) is 2.39. The van der Waals surface area contributed by atoms with Gasteiger partial charge in [0.15, 0.2) is 11.7 Å². The molecule has 9 heteroatoms. The van der Waals surface area contributed by atoms with E-state index in [1.165, 1.54) is 0 Å². The van der Waals surface area contributed by atoms with Crippen LogP contribution in [0.1, 0.15) is 36.2 Å².